The Bertz CT molecular complexity index is 484. The predicted octanol–water partition coefficient (Wildman–Crippen LogP) is 2.57. The Hall–Kier alpha value is -1.57. The molecule has 16 heavy (non-hydrogen) atoms. The maximum atomic E-state index is 11.6. The molecule has 0 aromatic heterocycles. The molecule has 0 amide bonds. The summed E-state index contributed by atoms with van der Waals surface area (Å²) in [5, 5.41) is 0. The predicted molar refractivity (Wildman–Crippen MR) is 61.7 cm³/mol. The largest absolute Gasteiger partial charge is 0.464 e. The Morgan fingerprint density at radius 2 is 2.00 bits per heavy atom. The Kier molecular flexibility index (Phi) is 1.79. The average molecular weight is 214 g/mol. The fraction of sp³-hybridized carbons (Fsp3) is 0.357. The van der Waals surface area contributed by atoms with Gasteiger partial charge in [-0.1, -0.05) is 42.8 Å². The summed E-state index contributed by atoms with van der Waals surface area (Å²) >= 11 is 0. The van der Waals surface area contributed by atoms with Crippen LogP contribution in [-0.2, 0) is 9.53 Å². The first kappa shape index (κ1) is 9.64. The van der Waals surface area contributed by atoms with Crippen LogP contribution < -0.4 is 0 Å². The Morgan fingerprint density at radius 3 is 2.62 bits per heavy atom. The lowest BCUT2D eigenvalue weighted by molar-refractivity contribution is -0.139. The molecule has 1 fully saturated rings. The van der Waals surface area contributed by atoms with Crippen LogP contribution in [0.15, 0.2) is 30.3 Å². The molecule has 1 aliphatic heterocycles. The highest BCUT2D eigenvalue weighted by atomic mass is 16.5. The second-order valence-corrected chi connectivity index (χ2v) is 5.01. The van der Waals surface area contributed by atoms with E-state index >= 15 is 0 Å². The van der Waals surface area contributed by atoms with Crippen molar-refractivity contribution >= 4 is 11.5 Å². The number of hydrogen-bond donors (Lipinski definition) is 0. The summed E-state index contributed by atoms with van der Waals surface area (Å²) in [6, 6.07) is 8.30. The minimum absolute atomic E-state index is 0.0461. The van der Waals surface area contributed by atoms with E-state index in [2.05, 4.69) is 44.2 Å². The average Bonchev–Trinajstić information content (AvgIpc) is 2.45. The van der Waals surface area contributed by atoms with Crippen molar-refractivity contribution in [3.8, 4) is 0 Å². The van der Waals surface area contributed by atoms with Gasteiger partial charge >= 0.3 is 5.97 Å². The number of esters is 1. The molecule has 1 heterocycles. The van der Waals surface area contributed by atoms with E-state index in [0.717, 1.165) is 11.1 Å². The summed E-state index contributed by atoms with van der Waals surface area (Å²) in [6.07, 6.45) is 2.17. The van der Waals surface area contributed by atoms with E-state index in [-0.39, 0.29) is 17.3 Å². The van der Waals surface area contributed by atoms with Crippen molar-refractivity contribution in [2.45, 2.75) is 13.8 Å². The van der Waals surface area contributed by atoms with Crippen molar-refractivity contribution in [2.75, 3.05) is 6.61 Å². The van der Waals surface area contributed by atoms with Gasteiger partial charge in [0.15, 0.2) is 0 Å². The van der Waals surface area contributed by atoms with Gasteiger partial charge in [-0.15, -0.1) is 0 Å². The van der Waals surface area contributed by atoms with Crippen LogP contribution in [0.4, 0.5) is 0 Å². The number of fused-ring (bicyclic) bond motifs is 1. The monoisotopic (exact) mass is 214 g/mol. The molecule has 1 aromatic rings. The lowest BCUT2D eigenvalue weighted by Gasteiger charge is -2.36. The number of carbonyl (C=O) groups excluding carboxylic acids is 1. The molecular formula is C14H14O2. The summed E-state index contributed by atoms with van der Waals surface area (Å²) in [5.74, 6) is -0.115. The van der Waals surface area contributed by atoms with Gasteiger partial charge in [-0.05, 0) is 18.1 Å². The van der Waals surface area contributed by atoms with Gasteiger partial charge in [-0.2, -0.15) is 0 Å². The Labute approximate surface area is 94.9 Å². The highest BCUT2D eigenvalue weighted by Crippen LogP contribution is 2.53. The van der Waals surface area contributed by atoms with E-state index in [4.69, 9.17) is 4.74 Å². The van der Waals surface area contributed by atoms with Crippen LogP contribution in [0.3, 0.4) is 0 Å². The number of cyclic esters (lactones) is 1. The first-order valence-electron chi connectivity index (χ1n) is 5.57. The number of benzene rings is 1. The van der Waals surface area contributed by atoms with Crippen molar-refractivity contribution in [3.05, 3.63) is 41.5 Å². The van der Waals surface area contributed by atoms with E-state index < -0.39 is 0 Å². The fourth-order valence-electron chi connectivity index (χ4n) is 2.61. The quantitative estimate of drug-likeness (QED) is 0.671. The van der Waals surface area contributed by atoms with E-state index in [1.54, 1.807) is 0 Å². The van der Waals surface area contributed by atoms with Gasteiger partial charge in [0.1, 0.15) is 6.61 Å². The molecule has 0 bridgehead atoms. The SMILES string of the molecule is Cc1ccc(C2=CC3(C)COC(=O)C23)cc1. The Morgan fingerprint density at radius 1 is 1.31 bits per heavy atom. The van der Waals surface area contributed by atoms with Gasteiger partial charge in [0.05, 0.1) is 5.92 Å². The molecule has 3 rings (SSSR count). The second kappa shape index (κ2) is 2.97. The summed E-state index contributed by atoms with van der Waals surface area (Å²) in [7, 11) is 0. The van der Waals surface area contributed by atoms with E-state index in [1.807, 2.05) is 0 Å². The highest BCUT2D eigenvalue weighted by molar-refractivity contribution is 5.96. The van der Waals surface area contributed by atoms with Gasteiger partial charge in [0, 0.05) is 5.41 Å². The van der Waals surface area contributed by atoms with Gasteiger partial charge in [-0.3, -0.25) is 4.79 Å². The van der Waals surface area contributed by atoms with Crippen LogP contribution in [0.2, 0.25) is 0 Å². The molecule has 2 nitrogen and oxygen atoms in total. The summed E-state index contributed by atoms with van der Waals surface area (Å²) in [4.78, 5) is 11.6. The minimum Gasteiger partial charge on any atom is -0.464 e. The summed E-state index contributed by atoms with van der Waals surface area (Å²) in [6.45, 7) is 4.68. The zero-order valence-electron chi connectivity index (χ0n) is 9.49. The third-order valence-corrected chi connectivity index (χ3v) is 3.60. The summed E-state index contributed by atoms with van der Waals surface area (Å²) in [5.41, 5.74) is 3.45. The van der Waals surface area contributed by atoms with E-state index in [0.29, 0.717) is 6.61 Å². The van der Waals surface area contributed by atoms with Gasteiger partial charge in [-0.25, -0.2) is 0 Å². The highest BCUT2D eigenvalue weighted by Gasteiger charge is 2.54. The molecule has 0 N–H and O–H groups in total. The molecule has 0 spiro atoms. The van der Waals surface area contributed by atoms with Crippen LogP contribution in [-0.4, -0.2) is 12.6 Å². The fourth-order valence-corrected chi connectivity index (χ4v) is 2.61. The van der Waals surface area contributed by atoms with Crippen LogP contribution in [0.25, 0.3) is 5.57 Å². The molecule has 1 aliphatic carbocycles. The zero-order chi connectivity index (χ0) is 11.3. The molecule has 82 valence electrons. The molecular weight excluding hydrogens is 200 g/mol. The topological polar surface area (TPSA) is 26.3 Å². The zero-order valence-corrected chi connectivity index (χ0v) is 9.49. The first-order chi connectivity index (χ1) is 7.60. The normalized spacial score (nSPS) is 31.5. The third kappa shape index (κ3) is 1.16. The molecule has 2 heteroatoms. The minimum atomic E-state index is -0.0689. The van der Waals surface area contributed by atoms with Crippen molar-refractivity contribution in [3.63, 3.8) is 0 Å². The lowest BCUT2D eigenvalue weighted by atomic mass is 9.63. The molecule has 2 atom stereocenters. The van der Waals surface area contributed by atoms with E-state index in [9.17, 15) is 4.79 Å². The van der Waals surface area contributed by atoms with E-state index in [1.165, 1.54) is 5.56 Å². The molecule has 1 saturated heterocycles. The number of rotatable bonds is 1. The Balaban J connectivity index is 1.99. The van der Waals surface area contributed by atoms with Crippen molar-refractivity contribution < 1.29 is 9.53 Å². The molecule has 2 unspecified atom stereocenters. The second-order valence-electron chi connectivity index (χ2n) is 5.01. The van der Waals surface area contributed by atoms with Crippen LogP contribution in [0.5, 0.6) is 0 Å². The van der Waals surface area contributed by atoms with Crippen LogP contribution >= 0.6 is 0 Å². The third-order valence-electron chi connectivity index (χ3n) is 3.60. The number of hydrogen-bond acceptors (Lipinski definition) is 2. The van der Waals surface area contributed by atoms with Crippen molar-refractivity contribution in [2.24, 2.45) is 11.3 Å². The lowest BCUT2D eigenvalue weighted by Crippen LogP contribution is -2.35. The number of aryl methyl sites for hydroxylation is 1. The van der Waals surface area contributed by atoms with Crippen LogP contribution in [0, 0.1) is 18.3 Å². The van der Waals surface area contributed by atoms with Crippen LogP contribution in [0.1, 0.15) is 18.1 Å². The van der Waals surface area contributed by atoms with Crippen molar-refractivity contribution in [1.29, 1.82) is 0 Å². The molecule has 1 aromatic carbocycles. The maximum Gasteiger partial charge on any atom is 0.314 e. The smallest absolute Gasteiger partial charge is 0.314 e. The standard InChI is InChI=1S/C14H14O2/c1-9-3-5-10(6-4-9)11-7-14(2)8-16-13(15)12(11)14/h3-7,12H,8H2,1-2H3. The molecule has 2 aliphatic rings. The maximum absolute atomic E-state index is 11.6. The van der Waals surface area contributed by atoms with Crippen molar-refractivity contribution in [1.82, 2.24) is 0 Å². The van der Waals surface area contributed by atoms with Gasteiger partial charge < -0.3 is 4.74 Å². The summed E-state index contributed by atoms with van der Waals surface area (Å²) < 4.78 is 5.13. The number of ether oxygens (including phenoxy) is 1. The first-order valence-corrected chi connectivity index (χ1v) is 5.57. The number of carbonyl (C=O) groups is 1. The molecule has 0 radical (unpaired) electrons. The molecule has 0 saturated carbocycles. The van der Waals surface area contributed by atoms with Gasteiger partial charge in [0.2, 0.25) is 0 Å². The van der Waals surface area contributed by atoms with Gasteiger partial charge in [0.25, 0.3) is 0 Å².